The molecular weight excluding hydrogens is 554 g/mol. The molecule has 0 atom stereocenters. The number of ether oxygens (including phenoxy) is 1. The molecular formula is C35H45N5O4. The molecule has 234 valence electrons. The first-order valence-corrected chi connectivity index (χ1v) is 15.4. The Kier molecular flexibility index (Phi) is 11.8. The van der Waals surface area contributed by atoms with Crippen molar-refractivity contribution in [3.05, 3.63) is 83.4 Å². The number of carbonyl (C=O) groups is 2. The number of aliphatic hydroxyl groups excluding tert-OH is 1. The van der Waals surface area contributed by atoms with Crippen LogP contribution in [-0.2, 0) is 16.1 Å². The second kappa shape index (κ2) is 15.9. The number of hydrogen-bond donors (Lipinski definition) is 2. The van der Waals surface area contributed by atoms with Gasteiger partial charge in [0.05, 0.1) is 12.3 Å². The molecule has 1 aliphatic rings. The smallest absolute Gasteiger partial charge is 0.246 e. The number of aryl methyl sites for hydroxylation is 2. The summed E-state index contributed by atoms with van der Waals surface area (Å²) in [5.74, 6) is 0.998. The molecule has 0 fully saturated rings. The summed E-state index contributed by atoms with van der Waals surface area (Å²) in [7, 11) is 1.79. The minimum atomic E-state index is -0.0734. The number of para-hydroxylation sites is 2. The molecule has 9 nitrogen and oxygen atoms in total. The molecule has 0 aliphatic carbocycles. The van der Waals surface area contributed by atoms with E-state index in [2.05, 4.69) is 4.99 Å². The van der Waals surface area contributed by atoms with Crippen molar-refractivity contribution in [2.24, 2.45) is 10.7 Å². The number of rotatable bonds is 15. The Hall–Kier alpha value is -4.37. The van der Waals surface area contributed by atoms with Crippen molar-refractivity contribution in [3.8, 4) is 5.75 Å². The maximum Gasteiger partial charge on any atom is 0.246 e. The van der Waals surface area contributed by atoms with Gasteiger partial charge in [0.25, 0.3) is 0 Å². The summed E-state index contributed by atoms with van der Waals surface area (Å²) in [5, 5.41) is 9.02. The van der Waals surface area contributed by atoms with E-state index in [0.717, 1.165) is 59.4 Å². The van der Waals surface area contributed by atoms with Crippen LogP contribution in [0.2, 0.25) is 0 Å². The first-order valence-electron chi connectivity index (χ1n) is 15.4. The van der Waals surface area contributed by atoms with E-state index in [-0.39, 0.29) is 25.0 Å². The average Bonchev–Trinajstić information content (AvgIpc) is 3.01. The summed E-state index contributed by atoms with van der Waals surface area (Å²) in [5.41, 5.74) is 11.8. The van der Waals surface area contributed by atoms with E-state index in [0.29, 0.717) is 44.2 Å². The Labute approximate surface area is 260 Å². The van der Waals surface area contributed by atoms with Gasteiger partial charge in [0.1, 0.15) is 12.3 Å². The second-order valence-electron chi connectivity index (χ2n) is 11.3. The van der Waals surface area contributed by atoms with Gasteiger partial charge in [-0.3, -0.25) is 9.59 Å². The SMILES string of the molecule is Cc1cccc(C)c1N(C)C(=O)CN1Cc2cc(OCCCC(=O)N(CCCCCCO)c3ccccc3)ccc2N=C1N. The summed E-state index contributed by atoms with van der Waals surface area (Å²) >= 11 is 0. The van der Waals surface area contributed by atoms with E-state index >= 15 is 0 Å². The number of aliphatic imine (C=N–C) groups is 1. The number of nitrogens with two attached hydrogens (primary N) is 1. The molecule has 0 unspecified atom stereocenters. The number of guanidine groups is 1. The number of anilines is 2. The highest BCUT2D eigenvalue weighted by molar-refractivity contribution is 5.98. The van der Waals surface area contributed by atoms with Crippen molar-refractivity contribution in [2.45, 2.75) is 58.9 Å². The maximum absolute atomic E-state index is 13.2. The molecule has 0 saturated heterocycles. The van der Waals surface area contributed by atoms with Gasteiger partial charge in [0, 0.05) is 50.1 Å². The van der Waals surface area contributed by atoms with Gasteiger partial charge in [-0.2, -0.15) is 0 Å². The summed E-state index contributed by atoms with van der Waals surface area (Å²) in [6.45, 7) is 5.80. The molecule has 2 amide bonds. The first-order chi connectivity index (χ1) is 21.3. The maximum atomic E-state index is 13.2. The lowest BCUT2D eigenvalue weighted by molar-refractivity contribution is -0.119. The zero-order valence-corrected chi connectivity index (χ0v) is 26.2. The van der Waals surface area contributed by atoms with Gasteiger partial charge in [-0.25, -0.2) is 4.99 Å². The van der Waals surface area contributed by atoms with Crippen molar-refractivity contribution in [2.75, 3.05) is 43.2 Å². The minimum Gasteiger partial charge on any atom is -0.494 e. The molecule has 9 heteroatoms. The van der Waals surface area contributed by atoms with Crippen molar-refractivity contribution in [1.82, 2.24) is 4.90 Å². The molecule has 0 radical (unpaired) electrons. The topological polar surface area (TPSA) is 112 Å². The normalized spacial score (nSPS) is 12.4. The summed E-state index contributed by atoms with van der Waals surface area (Å²) in [6, 6.07) is 21.4. The van der Waals surface area contributed by atoms with Crippen LogP contribution in [0.4, 0.5) is 17.1 Å². The van der Waals surface area contributed by atoms with E-state index in [1.165, 1.54) is 0 Å². The number of nitrogens with zero attached hydrogens (tertiary/aromatic N) is 4. The standard InChI is InChI=1S/C35H45N5O4/c1-26-13-11-14-27(2)34(26)38(3)33(43)25-39-24-28-23-30(18-19-31(28)37-35(39)36)44-22-12-17-32(42)40(20-9-4-5-10-21-41)29-15-7-6-8-16-29/h6-8,11,13-16,18-19,23,41H,4-5,9-10,12,17,20-22,24-25H2,1-3H3,(H2,36,37). The Morgan fingerprint density at radius 2 is 1.66 bits per heavy atom. The highest BCUT2D eigenvalue weighted by atomic mass is 16.5. The Morgan fingerprint density at radius 1 is 0.932 bits per heavy atom. The van der Waals surface area contributed by atoms with E-state index in [4.69, 9.17) is 15.6 Å². The third kappa shape index (κ3) is 8.60. The summed E-state index contributed by atoms with van der Waals surface area (Å²) in [4.78, 5) is 36.2. The van der Waals surface area contributed by atoms with Crippen LogP contribution in [0.1, 0.15) is 55.2 Å². The predicted octanol–water partition coefficient (Wildman–Crippen LogP) is 5.47. The second-order valence-corrected chi connectivity index (χ2v) is 11.3. The fraction of sp³-hybridized carbons (Fsp3) is 0.400. The van der Waals surface area contributed by atoms with Crippen molar-refractivity contribution in [1.29, 1.82) is 0 Å². The molecule has 44 heavy (non-hydrogen) atoms. The number of fused-ring (bicyclic) bond motifs is 1. The quantitative estimate of drug-likeness (QED) is 0.224. The molecule has 0 aromatic heterocycles. The number of aliphatic hydroxyl groups is 1. The Balaban J connectivity index is 1.30. The molecule has 1 aliphatic heterocycles. The highest BCUT2D eigenvalue weighted by Crippen LogP contribution is 2.30. The fourth-order valence-corrected chi connectivity index (χ4v) is 5.52. The zero-order valence-electron chi connectivity index (χ0n) is 26.2. The molecule has 3 aromatic carbocycles. The number of likely N-dealkylation sites (N-methyl/N-ethyl adjacent to an activating group) is 1. The number of hydrogen-bond acceptors (Lipinski definition) is 7. The van der Waals surface area contributed by atoms with E-state index in [9.17, 15) is 9.59 Å². The van der Waals surface area contributed by atoms with E-state index in [1.54, 1.807) is 16.8 Å². The zero-order chi connectivity index (χ0) is 31.5. The van der Waals surface area contributed by atoms with Gasteiger partial charge in [0.2, 0.25) is 11.8 Å². The molecule has 1 heterocycles. The van der Waals surface area contributed by atoms with Crippen molar-refractivity contribution >= 4 is 34.8 Å². The largest absolute Gasteiger partial charge is 0.494 e. The molecule has 3 N–H and O–H groups in total. The van der Waals surface area contributed by atoms with Crippen molar-refractivity contribution in [3.63, 3.8) is 0 Å². The van der Waals surface area contributed by atoms with Crippen LogP contribution in [0, 0.1) is 13.8 Å². The molecule has 0 spiro atoms. The van der Waals surface area contributed by atoms with Crippen LogP contribution >= 0.6 is 0 Å². The number of amides is 2. The van der Waals surface area contributed by atoms with Crippen LogP contribution in [0.5, 0.6) is 5.75 Å². The van der Waals surface area contributed by atoms with Gasteiger partial charge < -0.3 is 30.3 Å². The van der Waals surface area contributed by atoms with Crippen LogP contribution in [0.25, 0.3) is 0 Å². The number of unbranched alkanes of at least 4 members (excludes halogenated alkanes) is 3. The van der Waals surface area contributed by atoms with Crippen molar-refractivity contribution < 1.29 is 19.4 Å². The van der Waals surface area contributed by atoms with Crippen LogP contribution < -0.4 is 20.3 Å². The Morgan fingerprint density at radius 3 is 2.39 bits per heavy atom. The number of carbonyl (C=O) groups excluding carboxylic acids is 2. The first kappa shape index (κ1) is 32.5. The van der Waals surface area contributed by atoms with E-state index in [1.807, 2.05) is 85.5 Å². The van der Waals surface area contributed by atoms with Gasteiger partial charge in [-0.1, -0.05) is 49.2 Å². The molecule has 0 saturated carbocycles. The Bertz CT molecular complexity index is 1420. The predicted molar refractivity (Wildman–Crippen MR) is 177 cm³/mol. The molecule has 0 bridgehead atoms. The lowest BCUT2D eigenvalue weighted by Crippen LogP contribution is -2.45. The van der Waals surface area contributed by atoms with Gasteiger partial charge in [-0.05, 0) is 74.6 Å². The highest BCUT2D eigenvalue weighted by Gasteiger charge is 2.24. The molecule has 3 aromatic rings. The van der Waals surface area contributed by atoms with Gasteiger partial charge >= 0.3 is 0 Å². The minimum absolute atomic E-state index is 0.0726. The van der Waals surface area contributed by atoms with Gasteiger partial charge in [-0.15, -0.1) is 0 Å². The lowest BCUT2D eigenvalue weighted by Gasteiger charge is -2.30. The fourth-order valence-electron chi connectivity index (χ4n) is 5.52. The summed E-state index contributed by atoms with van der Waals surface area (Å²) in [6.07, 6.45) is 4.58. The number of benzene rings is 3. The molecule has 4 rings (SSSR count). The van der Waals surface area contributed by atoms with Crippen LogP contribution in [-0.4, -0.2) is 61.1 Å². The monoisotopic (exact) mass is 599 g/mol. The van der Waals surface area contributed by atoms with Gasteiger partial charge in [0.15, 0.2) is 5.96 Å². The third-order valence-corrected chi connectivity index (χ3v) is 7.91. The lowest BCUT2D eigenvalue weighted by atomic mass is 10.1. The van der Waals surface area contributed by atoms with Crippen LogP contribution in [0.15, 0.2) is 71.7 Å². The third-order valence-electron chi connectivity index (χ3n) is 7.91. The summed E-state index contributed by atoms with van der Waals surface area (Å²) < 4.78 is 6.03. The average molecular weight is 600 g/mol. The van der Waals surface area contributed by atoms with Crippen LogP contribution in [0.3, 0.4) is 0 Å². The van der Waals surface area contributed by atoms with E-state index < -0.39 is 0 Å².